The van der Waals surface area contributed by atoms with Crippen LogP contribution in [-0.2, 0) is 6.54 Å². The van der Waals surface area contributed by atoms with Crippen molar-refractivity contribution in [1.29, 1.82) is 0 Å². The van der Waals surface area contributed by atoms with E-state index in [4.69, 9.17) is 4.42 Å². The van der Waals surface area contributed by atoms with E-state index in [9.17, 15) is 5.11 Å². The van der Waals surface area contributed by atoms with Crippen molar-refractivity contribution in [3.8, 4) is 0 Å². The SMILES string of the molecule is CCn1cncc1C(O)c1cc2ccccc2o1. The fourth-order valence-corrected chi connectivity index (χ4v) is 2.11. The number of para-hydroxylation sites is 1. The minimum Gasteiger partial charge on any atom is -0.458 e. The van der Waals surface area contributed by atoms with Gasteiger partial charge in [0.05, 0.1) is 18.2 Å². The Hall–Kier alpha value is -2.07. The van der Waals surface area contributed by atoms with Crippen molar-refractivity contribution in [3.63, 3.8) is 0 Å². The van der Waals surface area contributed by atoms with E-state index in [1.54, 1.807) is 12.5 Å². The molecule has 2 heterocycles. The molecule has 3 rings (SSSR count). The Morgan fingerprint density at radius 1 is 1.39 bits per heavy atom. The first-order valence-corrected chi connectivity index (χ1v) is 5.96. The van der Waals surface area contributed by atoms with E-state index in [-0.39, 0.29) is 0 Å². The largest absolute Gasteiger partial charge is 0.458 e. The van der Waals surface area contributed by atoms with E-state index in [0.717, 1.165) is 23.2 Å². The summed E-state index contributed by atoms with van der Waals surface area (Å²) in [4.78, 5) is 4.05. The molecular formula is C14H14N2O2. The molecule has 1 unspecified atom stereocenters. The number of hydrogen-bond acceptors (Lipinski definition) is 3. The number of hydrogen-bond donors (Lipinski definition) is 1. The zero-order valence-corrected chi connectivity index (χ0v) is 10.1. The van der Waals surface area contributed by atoms with Gasteiger partial charge in [-0.3, -0.25) is 0 Å². The first-order chi connectivity index (χ1) is 8.79. The highest BCUT2D eigenvalue weighted by Crippen LogP contribution is 2.27. The molecule has 0 saturated heterocycles. The highest BCUT2D eigenvalue weighted by Gasteiger charge is 2.18. The van der Waals surface area contributed by atoms with Crippen molar-refractivity contribution < 1.29 is 9.52 Å². The van der Waals surface area contributed by atoms with Crippen LogP contribution >= 0.6 is 0 Å². The number of aliphatic hydroxyl groups excluding tert-OH is 1. The second-order valence-corrected chi connectivity index (χ2v) is 4.19. The number of furan rings is 1. The predicted octanol–water partition coefficient (Wildman–Crippen LogP) is 2.73. The van der Waals surface area contributed by atoms with Gasteiger partial charge in [-0.2, -0.15) is 0 Å². The minimum absolute atomic E-state index is 0.548. The predicted molar refractivity (Wildman–Crippen MR) is 68.2 cm³/mol. The van der Waals surface area contributed by atoms with Crippen LogP contribution in [0.25, 0.3) is 11.0 Å². The lowest BCUT2D eigenvalue weighted by Crippen LogP contribution is -2.06. The fourth-order valence-electron chi connectivity index (χ4n) is 2.11. The van der Waals surface area contributed by atoms with Crippen LogP contribution in [0.5, 0.6) is 0 Å². The maximum Gasteiger partial charge on any atom is 0.153 e. The summed E-state index contributed by atoms with van der Waals surface area (Å²) in [5, 5.41) is 11.3. The standard InChI is InChI=1S/C14H14N2O2/c1-2-16-9-15-8-11(16)14(17)13-7-10-5-3-4-6-12(10)18-13/h3-9,14,17H,2H2,1H3. The molecule has 4 heteroatoms. The lowest BCUT2D eigenvalue weighted by molar-refractivity contribution is 0.183. The number of imidazole rings is 1. The Bertz CT molecular complexity index is 636. The van der Waals surface area contributed by atoms with Crippen molar-refractivity contribution in [2.45, 2.75) is 19.6 Å². The van der Waals surface area contributed by atoms with Gasteiger partial charge in [-0.05, 0) is 19.1 Å². The van der Waals surface area contributed by atoms with Crippen LogP contribution in [0.1, 0.15) is 24.5 Å². The summed E-state index contributed by atoms with van der Waals surface area (Å²) >= 11 is 0. The minimum atomic E-state index is -0.778. The molecule has 0 spiro atoms. The topological polar surface area (TPSA) is 51.2 Å². The van der Waals surface area contributed by atoms with Crippen molar-refractivity contribution in [2.24, 2.45) is 0 Å². The summed E-state index contributed by atoms with van der Waals surface area (Å²) in [6, 6.07) is 9.59. The van der Waals surface area contributed by atoms with Gasteiger partial charge in [0.15, 0.2) is 6.10 Å². The lowest BCUT2D eigenvalue weighted by Gasteiger charge is -2.09. The second kappa shape index (κ2) is 4.31. The Labute approximate surface area is 104 Å². The van der Waals surface area contributed by atoms with Gasteiger partial charge in [0, 0.05) is 11.9 Å². The van der Waals surface area contributed by atoms with Gasteiger partial charge in [-0.15, -0.1) is 0 Å². The van der Waals surface area contributed by atoms with E-state index in [2.05, 4.69) is 4.98 Å². The molecule has 0 fully saturated rings. The molecule has 4 nitrogen and oxygen atoms in total. The molecular weight excluding hydrogens is 228 g/mol. The fraction of sp³-hybridized carbons (Fsp3) is 0.214. The van der Waals surface area contributed by atoms with Gasteiger partial charge in [0.1, 0.15) is 11.3 Å². The van der Waals surface area contributed by atoms with E-state index in [1.165, 1.54) is 0 Å². The molecule has 0 saturated carbocycles. The molecule has 3 aromatic rings. The van der Waals surface area contributed by atoms with Gasteiger partial charge in [0.25, 0.3) is 0 Å². The molecule has 1 atom stereocenters. The summed E-state index contributed by atoms with van der Waals surface area (Å²) in [6.07, 6.45) is 2.60. The van der Waals surface area contributed by atoms with Gasteiger partial charge in [0.2, 0.25) is 0 Å². The molecule has 1 aromatic carbocycles. The number of aryl methyl sites for hydroxylation is 1. The van der Waals surface area contributed by atoms with E-state index < -0.39 is 6.10 Å². The lowest BCUT2D eigenvalue weighted by atomic mass is 10.2. The Morgan fingerprint density at radius 3 is 3.00 bits per heavy atom. The van der Waals surface area contributed by atoms with Crippen LogP contribution in [0.15, 0.2) is 47.3 Å². The average Bonchev–Trinajstić information content (AvgIpc) is 3.03. The number of rotatable bonds is 3. The first-order valence-electron chi connectivity index (χ1n) is 5.96. The zero-order chi connectivity index (χ0) is 12.5. The van der Waals surface area contributed by atoms with Crippen LogP contribution in [0, 0.1) is 0 Å². The third kappa shape index (κ3) is 1.71. The van der Waals surface area contributed by atoms with Crippen molar-refractivity contribution in [3.05, 3.63) is 54.3 Å². The maximum atomic E-state index is 10.3. The van der Waals surface area contributed by atoms with Crippen LogP contribution < -0.4 is 0 Å². The summed E-state index contributed by atoms with van der Waals surface area (Å²) < 4.78 is 7.56. The van der Waals surface area contributed by atoms with Crippen LogP contribution in [0.2, 0.25) is 0 Å². The third-order valence-corrected chi connectivity index (χ3v) is 3.08. The number of benzene rings is 1. The molecule has 1 N–H and O–H groups in total. The number of aromatic nitrogens is 2. The van der Waals surface area contributed by atoms with Gasteiger partial charge < -0.3 is 14.1 Å². The highest BCUT2D eigenvalue weighted by atomic mass is 16.4. The molecule has 0 radical (unpaired) electrons. The van der Waals surface area contributed by atoms with Crippen LogP contribution in [0.4, 0.5) is 0 Å². The summed E-state index contributed by atoms with van der Waals surface area (Å²) in [6.45, 7) is 2.78. The molecule has 0 amide bonds. The molecule has 92 valence electrons. The summed E-state index contributed by atoms with van der Waals surface area (Å²) in [5.41, 5.74) is 1.53. The van der Waals surface area contributed by atoms with Crippen LogP contribution in [0.3, 0.4) is 0 Å². The van der Waals surface area contributed by atoms with Crippen molar-refractivity contribution >= 4 is 11.0 Å². The third-order valence-electron chi connectivity index (χ3n) is 3.08. The first kappa shape index (κ1) is 11.0. The molecule has 0 aliphatic heterocycles. The van der Waals surface area contributed by atoms with Gasteiger partial charge in [-0.1, -0.05) is 18.2 Å². The maximum absolute atomic E-state index is 10.3. The Balaban J connectivity index is 2.03. The normalized spacial score (nSPS) is 13.0. The molecule has 18 heavy (non-hydrogen) atoms. The van der Waals surface area contributed by atoms with Gasteiger partial charge in [-0.25, -0.2) is 4.98 Å². The highest BCUT2D eigenvalue weighted by molar-refractivity contribution is 5.77. The summed E-state index contributed by atoms with van der Waals surface area (Å²) in [7, 11) is 0. The summed E-state index contributed by atoms with van der Waals surface area (Å²) in [5.74, 6) is 0.548. The second-order valence-electron chi connectivity index (χ2n) is 4.19. The Kier molecular flexibility index (Phi) is 2.64. The van der Waals surface area contributed by atoms with E-state index in [0.29, 0.717) is 5.76 Å². The number of fused-ring (bicyclic) bond motifs is 1. The quantitative estimate of drug-likeness (QED) is 0.768. The van der Waals surface area contributed by atoms with E-state index in [1.807, 2.05) is 41.8 Å². The van der Waals surface area contributed by atoms with Gasteiger partial charge >= 0.3 is 0 Å². The van der Waals surface area contributed by atoms with Crippen molar-refractivity contribution in [1.82, 2.24) is 9.55 Å². The van der Waals surface area contributed by atoms with E-state index >= 15 is 0 Å². The number of aliphatic hydroxyl groups is 1. The molecule has 0 aliphatic rings. The number of nitrogens with zero attached hydrogens (tertiary/aromatic N) is 2. The zero-order valence-electron chi connectivity index (χ0n) is 10.1. The Morgan fingerprint density at radius 2 is 2.22 bits per heavy atom. The monoisotopic (exact) mass is 242 g/mol. The molecule has 0 bridgehead atoms. The molecule has 2 aromatic heterocycles. The smallest absolute Gasteiger partial charge is 0.153 e. The average molecular weight is 242 g/mol. The molecule has 0 aliphatic carbocycles. The van der Waals surface area contributed by atoms with Crippen LogP contribution in [-0.4, -0.2) is 14.7 Å². The van der Waals surface area contributed by atoms with Crippen molar-refractivity contribution in [2.75, 3.05) is 0 Å².